The Morgan fingerprint density at radius 1 is 1.23 bits per heavy atom. The average Bonchev–Trinajstić information content (AvgIpc) is 3.27. The molecule has 1 N–H and O–H groups in total. The predicted octanol–water partition coefficient (Wildman–Crippen LogP) is 2.83. The minimum absolute atomic E-state index is 0.255. The lowest BCUT2D eigenvalue weighted by atomic mass is 10.1. The number of nitrogens with one attached hydrogen (secondary N) is 1. The molecule has 4 aromatic rings. The summed E-state index contributed by atoms with van der Waals surface area (Å²) in [5.41, 5.74) is 4.83. The van der Waals surface area contributed by atoms with Crippen molar-refractivity contribution < 1.29 is 4.79 Å². The van der Waals surface area contributed by atoms with Crippen molar-refractivity contribution in [2.75, 3.05) is 0 Å². The van der Waals surface area contributed by atoms with Crippen LogP contribution in [0.2, 0.25) is 0 Å². The van der Waals surface area contributed by atoms with Crippen molar-refractivity contribution in [1.82, 2.24) is 29.7 Å². The van der Waals surface area contributed by atoms with Gasteiger partial charge in [-0.2, -0.15) is 9.90 Å². The molecule has 0 bridgehead atoms. The van der Waals surface area contributed by atoms with Gasteiger partial charge >= 0.3 is 0 Å². The van der Waals surface area contributed by atoms with Crippen LogP contribution in [-0.2, 0) is 6.54 Å². The van der Waals surface area contributed by atoms with Gasteiger partial charge in [0.05, 0.1) is 23.6 Å². The van der Waals surface area contributed by atoms with E-state index < -0.39 is 0 Å². The van der Waals surface area contributed by atoms with E-state index in [4.69, 9.17) is 0 Å². The van der Waals surface area contributed by atoms with Gasteiger partial charge in [0, 0.05) is 17.8 Å². The average molecular weight is 366 g/mol. The Kier molecular flexibility index (Phi) is 4.04. The van der Waals surface area contributed by atoms with E-state index in [1.807, 2.05) is 48.2 Å². The predicted molar refractivity (Wildman–Crippen MR) is 99.8 cm³/mol. The van der Waals surface area contributed by atoms with Crippen LogP contribution in [0.1, 0.15) is 33.0 Å². The molecule has 3 heterocycles. The van der Waals surface area contributed by atoms with Crippen molar-refractivity contribution in [3.63, 3.8) is 0 Å². The van der Waals surface area contributed by atoms with Crippen LogP contribution in [0.4, 0.5) is 0 Å². The van der Waals surface area contributed by atoms with Gasteiger partial charge in [-0.15, -0.1) is 16.4 Å². The molecule has 4 rings (SSSR count). The summed E-state index contributed by atoms with van der Waals surface area (Å²) in [7, 11) is 0. The Balaban J connectivity index is 1.52. The monoisotopic (exact) mass is 366 g/mol. The van der Waals surface area contributed by atoms with Gasteiger partial charge in [-0.3, -0.25) is 9.20 Å². The Hall–Kier alpha value is -3.00. The summed E-state index contributed by atoms with van der Waals surface area (Å²) in [6.07, 6.45) is 3.85. The summed E-state index contributed by atoms with van der Waals surface area (Å²) < 4.78 is 1.94. The Morgan fingerprint density at radius 3 is 2.85 bits per heavy atom. The van der Waals surface area contributed by atoms with E-state index in [0.29, 0.717) is 17.9 Å². The quantitative estimate of drug-likeness (QED) is 0.602. The largest absolute Gasteiger partial charge is 0.345 e. The van der Waals surface area contributed by atoms with Crippen LogP contribution < -0.4 is 5.32 Å². The number of carbonyl (C=O) groups is 1. The number of imidazole rings is 1. The van der Waals surface area contributed by atoms with Crippen LogP contribution in [0.5, 0.6) is 0 Å². The second-order valence-electron chi connectivity index (χ2n) is 6.22. The number of aromatic nitrogens is 5. The van der Waals surface area contributed by atoms with E-state index in [2.05, 4.69) is 26.6 Å². The molecule has 0 fully saturated rings. The summed E-state index contributed by atoms with van der Waals surface area (Å²) >= 11 is 1.56. The van der Waals surface area contributed by atoms with Crippen molar-refractivity contribution >= 4 is 22.2 Å². The molecule has 0 saturated heterocycles. The summed E-state index contributed by atoms with van der Waals surface area (Å²) in [5.74, 6) is -0.255. The highest BCUT2D eigenvalue weighted by Gasteiger charge is 2.17. The molecule has 8 heteroatoms. The molecule has 26 heavy (non-hydrogen) atoms. The highest BCUT2D eigenvalue weighted by molar-refractivity contribution is 7.15. The van der Waals surface area contributed by atoms with Gasteiger partial charge in [0.2, 0.25) is 0 Å². The first-order valence-corrected chi connectivity index (χ1v) is 9.10. The topological polar surface area (TPSA) is 77.1 Å². The van der Waals surface area contributed by atoms with E-state index in [1.165, 1.54) is 10.4 Å². The normalized spacial score (nSPS) is 11.2. The fraction of sp³-hybridized carbons (Fsp3) is 0.222. The number of amides is 1. The van der Waals surface area contributed by atoms with Gasteiger partial charge in [-0.1, -0.05) is 17.7 Å². The van der Waals surface area contributed by atoms with Crippen LogP contribution in [0.25, 0.3) is 10.6 Å². The van der Waals surface area contributed by atoms with Crippen LogP contribution in [0.3, 0.4) is 0 Å². The molecular formula is C18H18N6OS. The maximum atomic E-state index is 12.5. The molecule has 0 radical (unpaired) electrons. The molecule has 1 amide bonds. The van der Waals surface area contributed by atoms with Crippen molar-refractivity contribution in [2.45, 2.75) is 27.3 Å². The van der Waals surface area contributed by atoms with Gasteiger partial charge in [-0.05, 0) is 32.4 Å². The van der Waals surface area contributed by atoms with Crippen molar-refractivity contribution in [3.05, 3.63) is 64.2 Å². The molecular weight excluding hydrogens is 348 g/mol. The third-order valence-electron chi connectivity index (χ3n) is 4.14. The molecule has 0 unspecified atom stereocenters. The van der Waals surface area contributed by atoms with E-state index in [1.54, 1.807) is 18.3 Å². The first-order chi connectivity index (χ1) is 12.5. The first-order valence-electron chi connectivity index (χ1n) is 8.22. The fourth-order valence-corrected chi connectivity index (χ4v) is 3.56. The van der Waals surface area contributed by atoms with Crippen LogP contribution >= 0.6 is 11.3 Å². The van der Waals surface area contributed by atoms with Crippen molar-refractivity contribution in [1.29, 1.82) is 0 Å². The molecule has 0 aliphatic rings. The number of benzene rings is 1. The zero-order valence-corrected chi connectivity index (χ0v) is 15.5. The van der Waals surface area contributed by atoms with Crippen LogP contribution in [0.15, 0.2) is 36.0 Å². The minimum Gasteiger partial charge on any atom is -0.345 e. The summed E-state index contributed by atoms with van der Waals surface area (Å²) in [5, 5.41) is 13.6. The molecule has 132 valence electrons. The fourth-order valence-electron chi connectivity index (χ4n) is 2.84. The lowest BCUT2D eigenvalue weighted by molar-refractivity contribution is 0.0944. The number of rotatable bonds is 4. The van der Waals surface area contributed by atoms with Gasteiger partial charge < -0.3 is 5.32 Å². The van der Waals surface area contributed by atoms with E-state index in [-0.39, 0.29) is 5.91 Å². The number of hydrogen-bond donors (Lipinski definition) is 1. The van der Waals surface area contributed by atoms with Crippen LogP contribution in [-0.4, -0.2) is 30.3 Å². The second kappa shape index (κ2) is 6.38. The number of fused-ring (bicyclic) bond motifs is 1. The maximum Gasteiger partial charge on any atom is 0.274 e. The van der Waals surface area contributed by atoms with E-state index >= 15 is 0 Å². The Bertz CT molecular complexity index is 1080. The molecule has 0 saturated carbocycles. The molecule has 0 atom stereocenters. The SMILES string of the molecule is Cc1ccc(-n2nc(C)c(C(=O)NCc3cn4ccsc4n3)n2)c(C)c1. The number of aryl methyl sites for hydroxylation is 3. The number of hydrogen-bond acceptors (Lipinski definition) is 5. The minimum atomic E-state index is -0.255. The lowest BCUT2D eigenvalue weighted by Crippen LogP contribution is -2.24. The van der Waals surface area contributed by atoms with Gasteiger partial charge in [0.1, 0.15) is 0 Å². The molecule has 3 aromatic heterocycles. The molecule has 0 aliphatic carbocycles. The Labute approximate surface area is 154 Å². The highest BCUT2D eigenvalue weighted by Crippen LogP contribution is 2.15. The van der Waals surface area contributed by atoms with Crippen molar-refractivity contribution in [2.24, 2.45) is 0 Å². The van der Waals surface area contributed by atoms with Crippen LogP contribution in [0, 0.1) is 20.8 Å². The van der Waals surface area contributed by atoms with E-state index in [9.17, 15) is 4.79 Å². The third-order valence-corrected chi connectivity index (χ3v) is 4.91. The third kappa shape index (κ3) is 2.99. The van der Waals surface area contributed by atoms with Crippen molar-refractivity contribution in [3.8, 4) is 5.69 Å². The maximum absolute atomic E-state index is 12.5. The molecule has 0 spiro atoms. The zero-order chi connectivity index (χ0) is 18.3. The van der Waals surface area contributed by atoms with Gasteiger partial charge in [-0.25, -0.2) is 4.98 Å². The molecule has 7 nitrogen and oxygen atoms in total. The lowest BCUT2D eigenvalue weighted by Gasteiger charge is -2.05. The number of thiazole rings is 1. The first kappa shape index (κ1) is 16.5. The Morgan fingerprint density at radius 2 is 2.08 bits per heavy atom. The highest BCUT2D eigenvalue weighted by atomic mass is 32.1. The molecule has 1 aromatic carbocycles. The van der Waals surface area contributed by atoms with Gasteiger partial charge in [0.25, 0.3) is 5.91 Å². The molecule has 0 aliphatic heterocycles. The van der Waals surface area contributed by atoms with E-state index in [0.717, 1.165) is 21.9 Å². The number of carbonyl (C=O) groups excluding carboxylic acids is 1. The summed E-state index contributed by atoms with van der Waals surface area (Å²) in [6.45, 7) is 6.18. The number of nitrogens with zero attached hydrogens (tertiary/aromatic N) is 5. The zero-order valence-electron chi connectivity index (χ0n) is 14.7. The summed E-state index contributed by atoms with van der Waals surface area (Å²) in [4.78, 5) is 19.4. The second-order valence-corrected chi connectivity index (χ2v) is 7.09. The van der Waals surface area contributed by atoms with Gasteiger partial charge in [0.15, 0.2) is 10.7 Å². The smallest absolute Gasteiger partial charge is 0.274 e. The standard InChI is InChI=1S/C18H18N6OS/c1-11-4-5-15(12(2)8-11)24-21-13(3)16(22-24)17(25)19-9-14-10-23-6-7-26-18(23)20-14/h4-8,10H,9H2,1-3H3,(H,19,25). The summed E-state index contributed by atoms with van der Waals surface area (Å²) in [6, 6.07) is 6.03.